The average Bonchev–Trinajstić information content (AvgIpc) is 2.25. The monoisotopic (exact) mass is 214 g/mol. The van der Waals surface area contributed by atoms with Gasteiger partial charge in [0.1, 0.15) is 5.92 Å². The summed E-state index contributed by atoms with van der Waals surface area (Å²) in [6.45, 7) is 2.58. The summed E-state index contributed by atoms with van der Waals surface area (Å²) in [5.41, 5.74) is 0. The molecule has 0 aliphatic heterocycles. The van der Waals surface area contributed by atoms with Crippen LogP contribution in [0.3, 0.4) is 0 Å². The first-order valence-corrected chi connectivity index (χ1v) is 4.88. The van der Waals surface area contributed by atoms with Crippen LogP contribution < -0.4 is 5.32 Å². The Balaban J connectivity index is 3.92. The number of rotatable bonds is 7. The molecule has 0 aliphatic rings. The van der Waals surface area contributed by atoms with Crippen LogP contribution in [0.5, 0.6) is 0 Å². The molecule has 15 heavy (non-hydrogen) atoms. The van der Waals surface area contributed by atoms with Crippen molar-refractivity contribution >= 4 is 5.91 Å². The number of amides is 1. The lowest BCUT2D eigenvalue weighted by molar-refractivity contribution is -0.124. The molecule has 0 saturated heterocycles. The third-order valence-corrected chi connectivity index (χ3v) is 2.07. The van der Waals surface area contributed by atoms with E-state index in [1.54, 1.807) is 21.1 Å². The predicted molar refractivity (Wildman–Crippen MR) is 55.1 cm³/mol. The van der Waals surface area contributed by atoms with Crippen molar-refractivity contribution in [2.45, 2.75) is 19.4 Å². The van der Waals surface area contributed by atoms with Gasteiger partial charge in [-0.3, -0.25) is 4.79 Å². The Bertz CT molecular complexity index is 225. The molecule has 0 aromatic heterocycles. The lowest BCUT2D eigenvalue weighted by Crippen LogP contribution is -2.38. The van der Waals surface area contributed by atoms with Crippen LogP contribution in [0.25, 0.3) is 0 Å². The molecule has 86 valence electrons. The topological polar surface area (TPSA) is 71.4 Å². The van der Waals surface area contributed by atoms with Crippen LogP contribution in [0.4, 0.5) is 0 Å². The van der Waals surface area contributed by atoms with E-state index in [9.17, 15) is 4.79 Å². The van der Waals surface area contributed by atoms with Gasteiger partial charge in [-0.05, 0) is 6.42 Å². The summed E-state index contributed by atoms with van der Waals surface area (Å²) < 4.78 is 9.96. The van der Waals surface area contributed by atoms with E-state index in [4.69, 9.17) is 14.7 Å². The maximum atomic E-state index is 11.4. The molecule has 0 aromatic carbocycles. The largest absolute Gasteiger partial charge is 0.382 e. The van der Waals surface area contributed by atoms with Crippen molar-refractivity contribution in [3.63, 3.8) is 0 Å². The Morgan fingerprint density at radius 3 is 2.60 bits per heavy atom. The highest BCUT2D eigenvalue weighted by Gasteiger charge is 2.16. The normalized spacial score (nSPS) is 14.0. The first kappa shape index (κ1) is 13.9. The van der Waals surface area contributed by atoms with E-state index in [1.165, 1.54) is 0 Å². The van der Waals surface area contributed by atoms with E-state index in [0.29, 0.717) is 19.6 Å². The molecular weight excluding hydrogens is 196 g/mol. The maximum absolute atomic E-state index is 11.4. The molecule has 1 N–H and O–H groups in total. The lowest BCUT2D eigenvalue weighted by Gasteiger charge is -2.15. The van der Waals surface area contributed by atoms with Crippen molar-refractivity contribution in [1.82, 2.24) is 5.32 Å². The summed E-state index contributed by atoms with van der Waals surface area (Å²) in [5.74, 6) is -0.830. The van der Waals surface area contributed by atoms with Crippen LogP contribution in [0.1, 0.15) is 13.3 Å². The minimum absolute atomic E-state index is 0.171. The summed E-state index contributed by atoms with van der Waals surface area (Å²) in [6, 6.07) is 1.94. The van der Waals surface area contributed by atoms with Gasteiger partial charge >= 0.3 is 0 Å². The number of methoxy groups -OCH3 is 2. The predicted octanol–water partition coefficient (Wildman–Crippen LogP) is 0.314. The number of nitrogens with one attached hydrogen (secondary N) is 1. The molecule has 0 spiro atoms. The van der Waals surface area contributed by atoms with Crippen LogP contribution in [-0.2, 0) is 14.3 Å². The SMILES string of the molecule is CCC(C#N)C(=O)NCC(COC)OC. The van der Waals surface area contributed by atoms with Crippen molar-refractivity contribution in [3.8, 4) is 6.07 Å². The Hall–Kier alpha value is -1.12. The molecule has 2 atom stereocenters. The summed E-state index contributed by atoms with van der Waals surface area (Å²) >= 11 is 0. The van der Waals surface area contributed by atoms with Crippen LogP contribution >= 0.6 is 0 Å². The summed E-state index contributed by atoms with van der Waals surface area (Å²) in [7, 11) is 3.12. The molecule has 0 bridgehead atoms. The molecule has 0 heterocycles. The van der Waals surface area contributed by atoms with Crippen molar-refractivity contribution in [2.24, 2.45) is 5.92 Å². The Labute approximate surface area is 90.4 Å². The van der Waals surface area contributed by atoms with Crippen molar-refractivity contribution in [2.75, 3.05) is 27.4 Å². The molecule has 5 heteroatoms. The van der Waals surface area contributed by atoms with E-state index in [0.717, 1.165) is 0 Å². The van der Waals surface area contributed by atoms with Gasteiger partial charge in [0, 0.05) is 20.8 Å². The minimum atomic E-state index is -0.579. The van der Waals surface area contributed by atoms with E-state index in [2.05, 4.69) is 5.32 Å². The standard InChI is InChI=1S/C10H18N2O3/c1-4-8(5-11)10(13)12-6-9(15-3)7-14-2/h8-9H,4,6-7H2,1-3H3,(H,12,13). The van der Waals surface area contributed by atoms with E-state index < -0.39 is 5.92 Å². The van der Waals surface area contributed by atoms with Gasteiger partial charge in [-0.1, -0.05) is 6.92 Å². The van der Waals surface area contributed by atoms with Gasteiger partial charge in [-0.2, -0.15) is 5.26 Å². The molecule has 1 amide bonds. The highest BCUT2D eigenvalue weighted by Crippen LogP contribution is 2.00. The molecule has 2 unspecified atom stereocenters. The smallest absolute Gasteiger partial charge is 0.237 e. The number of nitrogens with zero attached hydrogens (tertiary/aromatic N) is 1. The van der Waals surface area contributed by atoms with Crippen molar-refractivity contribution < 1.29 is 14.3 Å². The van der Waals surface area contributed by atoms with Crippen LogP contribution in [0.2, 0.25) is 0 Å². The van der Waals surface area contributed by atoms with Crippen LogP contribution in [-0.4, -0.2) is 39.4 Å². The van der Waals surface area contributed by atoms with E-state index >= 15 is 0 Å². The third kappa shape index (κ3) is 5.35. The number of hydrogen-bond donors (Lipinski definition) is 1. The van der Waals surface area contributed by atoms with Crippen molar-refractivity contribution in [3.05, 3.63) is 0 Å². The van der Waals surface area contributed by atoms with Gasteiger partial charge in [-0.25, -0.2) is 0 Å². The Morgan fingerprint density at radius 1 is 1.53 bits per heavy atom. The maximum Gasteiger partial charge on any atom is 0.237 e. The third-order valence-electron chi connectivity index (χ3n) is 2.07. The molecule has 0 fully saturated rings. The number of hydrogen-bond acceptors (Lipinski definition) is 4. The molecule has 0 radical (unpaired) electrons. The van der Waals surface area contributed by atoms with Crippen LogP contribution in [0, 0.1) is 17.2 Å². The van der Waals surface area contributed by atoms with Gasteiger partial charge in [0.25, 0.3) is 0 Å². The van der Waals surface area contributed by atoms with Gasteiger partial charge in [-0.15, -0.1) is 0 Å². The number of ether oxygens (including phenoxy) is 2. The molecule has 0 saturated carbocycles. The fourth-order valence-corrected chi connectivity index (χ4v) is 1.07. The zero-order valence-corrected chi connectivity index (χ0v) is 9.45. The highest BCUT2D eigenvalue weighted by atomic mass is 16.5. The van der Waals surface area contributed by atoms with Crippen molar-refractivity contribution in [1.29, 1.82) is 5.26 Å². The summed E-state index contributed by atoms with van der Waals surface area (Å²) in [6.07, 6.45) is 0.347. The fraction of sp³-hybridized carbons (Fsp3) is 0.800. The summed E-state index contributed by atoms with van der Waals surface area (Å²) in [4.78, 5) is 11.4. The zero-order chi connectivity index (χ0) is 11.7. The quantitative estimate of drug-likeness (QED) is 0.662. The number of carbonyl (C=O) groups is 1. The fourth-order valence-electron chi connectivity index (χ4n) is 1.07. The second kappa shape index (κ2) is 8.21. The lowest BCUT2D eigenvalue weighted by atomic mass is 10.1. The molecular formula is C10H18N2O3. The minimum Gasteiger partial charge on any atom is -0.382 e. The molecule has 0 rings (SSSR count). The van der Waals surface area contributed by atoms with Crippen LogP contribution in [0.15, 0.2) is 0 Å². The zero-order valence-electron chi connectivity index (χ0n) is 9.45. The first-order chi connectivity index (χ1) is 7.19. The second-order valence-electron chi connectivity index (χ2n) is 3.15. The average molecular weight is 214 g/mol. The molecule has 5 nitrogen and oxygen atoms in total. The van der Waals surface area contributed by atoms with E-state index in [-0.39, 0.29) is 12.0 Å². The Morgan fingerprint density at radius 2 is 2.20 bits per heavy atom. The summed E-state index contributed by atoms with van der Waals surface area (Å²) in [5, 5.41) is 11.3. The van der Waals surface area contributed by atoms with Gasteiger partial charge < -0.3 is 14.8 Å². The first-order valence-electron chi connectivity index (χ1n) is 4.88. The molecule has 0 aromatic rings. The van der Waals surface area contributed by atoms with Gasteiger partial charge in [0.15, 0.2) is 0 Å². The van der Waals surface area contributed by atoms with Gasteiger partial charge in [0.2, 0.25) is 5.91 Å². The number of nitriles is 1. The van der Waals surface area contributed by atoms with E-state index in [1.807, 2.05) is 6.07 Å². The number of carbonyl (C=O) groups excluding carboxylic acids is 1. The Kier molecular flexibility index (Phi) is 7.60. The highest BCUT2D eigenvalue weighted by molar-refractivity contribution is 5.80. The molecule has 0 aliphatic carbocycles. The van der Waals surface area contributed by atoms with Gasteiger partial charge in [0.05, 0.1) is 18.8 Å². The second-order valence-corrected chi connectivity index (χ2v) is 3.15.